The van der Waals surface area contributed by atoms with Gasteiger partial charge >= 0.3 is 0 Å². The van der Waals surface area contributed by atoms with Gasteiger partial charge in [-0.2, -0.15) is 0 Å². The second kappa shape index (κ2) is 6.20. The second-order valence-corrected chi connectivity index (χ2v) is 5.58. The smallest absolute Gasteiger partial charge is 0.254 e. The molecule has 1 aliphatic rings. The lowest BCUT2D eigenvalue weighted by Gasteiger charge is -2.33. The van der Waals surface area contributed by atoms with E-state index < -0.39 is 0 Å². The first-order chi connectivity index (χ1) is 9.13. The Morgan fingerprint density at radius 1 is 1.37 bits per heavy atom. The van der Waals surface area contributed by atoms with E-state index in [-0.39, 0.29) is 5.91 Å². The molecule has 19 heavy (non-hydrogen) atoms. The van der Waals surface area contributed by atoms with Crippen LogP contribution in [0.15, 0.2) is 18.2 Å². The number of likely N-dealkylation sites (tertiary alicyclic amines) is 1. The van der Waals surface area contributed by atoms with Crippen LogP contribution in [0.4, 0.5) is 0 Å². The van der Waals surface area contributed by atoms with E-state index in [1.165, 1.54) is 6.42 Å². The van der Waals surface area contributed by atoms with E-state index in [0.29, 0.717) is 5.92 Å². The van der Waals surface area contributed by atoms with Gasteiger partial charge < -0.3 is 10.2 Å². The quantitative estimate of drug-likeness (QED) is 0.905. The third-order valence-corrected chi connectivity index (χ3v) is 3.99. The van der Waals surface area contributed by atoms with Gasteiger partial charge in [-0.3, -0.25) is 4.79 Å². The largest absolute Gasteiger partial charge is 0.338 e. The molecule has 3 nitrogen and oxygen atoms in total. The van der Waals surface area contributed by atoms with E-state index >= 15 is 0 Å². The van der Waals surface area contributed by atoms with Crippen molar-refractivity contribution in [2.45, 2.75) is 26.7 Å². The molecule has 0 aliphatic carbocycles. The number of aryl methyl sites for hydroxylation is 2. The van der Waals surface area contributed by atoms with Gasteiger partial charge in [0.2, 0.25) is 0 Å². The van der Waals surface area contributed by atoms with Crippen molar-refractivity contribution in [1.29, 1.82) is 0 Å². The summed E-state index contributed by atoms with van der Waals surface area (Å²) in [5, 5.41) is 3.22. The van der Waals surface area contributed by atoms with Crippen molar-refractivity contribution in [3.05, 3.63) is 34.9 Å². The summed E-state index contributed by atoms with van der Waals surface area (Å²) in [6, 6.07) is 6.06. The number of hydrogen-bond donors (Lipinski definition) is 1. The van der Waals surface area contributed by atoms with E-state index in [0.717, 1.165) is 42.7 Å². The highest BCUT2D eigenvalue weighted by Crippen LogP contribution is 2.21. The van der Waals surface area contributed by atoms with Crippen LogP contribution in [0.5, 0.6) is 0 Å². The standard InChI is InChI=1S/C16H24N2O/c1-12-6-4-7-13(2)15(12)16(19)18-9-5-8-14(11-18)10-17-3/h4,6-7,14,17H,5,8-11H2,1-3H3. The Hall–Kier alpha value is -1.35. The molecule has 1 unspecified atom stereocenters. The number of nitrogens with zero attached hydrogens (tertiary/aromatic N) is 1. The van der Waals surface area contributed by atoms with Crippen LogP contribution >= 0.6 is 0 Å². The molecule has 1 aromatic carbocycles. The Kier molecular flexibility index (Phi) is 4.59. The van der Waals surface area contributed by atoms with Gasteiger partial charge in [-0.25, -0.2) is 0 Å². The zero-order valence-electron chi connectivity index (χ0n) is 12.2. The molecule has 0 saturated carbocycles. The summed E-state index contributed by atoms with van der Waals surface area (Å²) in [5.41, 5.74) is 3.06. The van der Waals surface area contributed by atoms with Gasteiger partial charge in [0, 0.05) is 18.7 Å². The third-order valence-electron chi connectivity index (χ3n) is 3.99. The molecule has 1 amide bonds. The molecule has 1 aliphatic heterocycles. The molecule has 104 valence electrons. The third kappa shape index (κ3) is 3.16. The minimum atomic E-state index is 0.205. The normalized spacial score (nSPS) is 19.5. The van der Waals surface area contributed by atoms with E-state index in [2.05, 4.69) is 5.32 Å². The average Bonchev–Trinajstić information content (AvgIpc) is 2.39. The van der Waals surface area contributed by atoms with Crippen molar-refractivity contribution in [3.8, 4) is 0 Å². The lowest BCUT2D eigenvalue weighted by molar-refractivity contribution is 0.0673. The summed E-state index contributed by atoms with van der Waals surface area (Å²) >= 11 is 0. The zero-order valence-corrected chi connectivity index (χ0v) is 12.2. The van der Waals surface area contributed by atoms with Crippen molar-refractivity contribution >= 4 is 5.91 Å². The molecule has 1 atom stereocenters. The highest BCUT2D eigenvalue weighted by atomic mass is 16.2. The molecule has 1 aromatic rings. The maximum Gasteiger partial charge on any atom is 0.254 e. The van der Waals surface area contributed by atoms with Gasteiger partial charge in [0.1, 0.15) is 0 Å². The van der Waals surface area contributed by atoms with Gasteiger partial charge in [-0.1, -0.05) is 18.2 Å². The fourth-order valence-corrected chi connectivity index (χ4v) is 3.01. The summed E-state index contributed by atoms with van der Waals surface area (Å²) in [4.78, 5) is 14.7. The first-order valence-corrected chi connectivity index (χ1v) is 7.13. The average molecular weight is 260 g/mol. The predicted molar refractivity (Wildman–Crippen MR) is 78.5 cm³/mol. The molecule has 1 heterocycles. The van der Waals surface area contributed by atoms with Crippen LogP contribution < -0.4 is 5.32 Å². The summed E-state index contributed by atoms with van der Waals surface area (Å²) in [7, 11) is 1.98. The number of hydrogen-bond acceptors (Lipinski definition) is 2. The Morgan fingerprint density at radius 2 is 2.05 bits per heavy atom. The fraction of sp³-hybridized carbons (Fsp3) is 0.562. The molecular formula is C16H24N2O. The van der Waals surface area contributed by atoms with Crippen molar-refractivity contribution in [2.24, 2.45) is 5.92 Å². The highest BCUT2D eigenvalue weighted by molar-refractivity contribution is 5.97. The van der Waals surface area contributed by atoms with Gasteiger partial charge in [-0.15, -0.1) is 0 Å². The number of amides is 1. The van der Waals surface area contributed by atoms with E-state index in [4.69, 9.17) is 0 Å². The van der Waals surface area contributed by atoms with Crippen LogP contribution in [0.1, 0.15) is 34.3 Å². The van der Waals surface area contributed by atoms with Crippen molar-refractivity contribution < 1.29 is 4.79 Å². The lowest BCUT2D eigenvalue weighted by atomic mass is 9.95. The van der Waals surface area contributed by atoms with Crippen LogP contribution in [-0.2, 0) is 0 Å². The molecule has 1 saturated heterocycles. The predicted octanol–water partition coefficient (Wildman–Crippen LogP) is 2.38. The van der Waals surface area contributed by atoms with Crippen molar-refractivity contribution in [3.63, 3.8) is 0 Å². The molecule has 0 spiro atoms. The molecule has 1 N–H and O–H groups in total. The number of benzene rings is 1. The Balaban J connectivity index is 2.15. The van der Waals surface area contributed by atoms with Gasteiger partial charge in [0.05, 0.1) is 0 Å². The first-order valence-electron chi connectivity index (χ1n) is 7.13. The molecule has 0 bridgehead atoms. The van der Waals surface area contributed by atoms with Crippen LogP contribution in [0.2, 0.25) is 0 Å². The van der Waals surface area contributed by atoms with Crippen LogP contribution in [0.3, 0.4) is 0 Å². The zero-order chi connectivity index (χ0) is 13.8. The Bertz CT molecular complexity index is 434. The van der Waals surface area contributed by atoms with Crippen LogP contribution in [-0.4, -0.2) is 37.5 Å². The van der Waals surface area contributed by atoms with Crippen molar-refractivity contribution in [2.75, 3.05) is 26.7 Å². The molecule has 0 aromatic heterocycles. The Labute approximate surface area is 116 Å². The SMILES string of the molecule is CNCC1CCCN(C(=O)c2c(C)cccc2C)C1. The van der Waals surface area contributed by atoms with Crippen molar-refractivity contribution in [1.82, 2.24) is 10.2 Å². The second-order valence-electron chi connectivity index (χ2n) is 5.58. The van der Waals surface area contributed by atoms with Gasteiger partial charge in [-0.05, 0) is 57.3 Å². The van der Waals surface area contributed by atoms with E-state index in [1.54, 1.807) is 0 Å². The number of nitrogens with one attached hydrogen (secondary N) is 1. The maximum absolute atomic E-state index is 12.7. The number of piperidine rings is 1. The topological polar surface area (TPSA) is 32.3 Å². The Morgan fingerprint density at radius 3 is 2.68 bits per heavy atom. The summed E-state index contributed by atoms with van der Waals surface area (Å²) in [5.74, 6) is 0.795. The fourth-order valence-electron chi connectivity index (χ4n) is 3.01. The molecule has 1 fully saturated rings. The minimum absolute atomic E-state index is 0.205. The molecular weight excluding hydrogens is 236 g/mol. The number of rotatable bonds is 3. The number of carbonyl (C=O) groups is 1. The van der Waals surface area contributed by atoms with Gasteiger partial charge in [0.25, 0.3) is 5.91 Å². The summed E-state index contributed by atoms with van der Waals surface area (Å²) in [6.07, 6.45) is 2.33. The monoisotopic (exact) mass is 260 g/mol. The first kappa shape index (κ1) is 14.1. The highest BCUT2D eigenvalue weighted by Gasteiger charge is 2.25. The summed E-state index contributed by atoms with van der Waals surface area (Å²) < 4.78 is 0. The lowest BCUT2D eigenvalue weighted by Crippen LogP contribution is -2.42. The minimum Gasteiger partial charge on any atom is -0.338 e. The number of carbonyl (C=O) groups excluding carboxylic acids is 1. The van der Waals surface area contributed by atoms with Crippen LogP contribution in [0.25, 0.3) is 0 Å². The van der Waals surface area contributed by atoms with Gasteiger partial charge in [0.15, 0.2) is 0 Å². The molecule has 2 rings (SSSR count). The van der Waals surface area contributed by atoms with E-state index in [9.17, 15) is 4.79 Å². The maximum atomic E-state index is 12.7. The van der Waals surface area contributed by atoms with Crippen LogP contribution in [0, 0.1) is 19.8 Å². The molecule has 3 heteroatoms. The van der Waals surface area contributed by atoms with E-state index in [1.807, 2.05) is 44.0 Å². The molecule has 0 radical (unpaired) electrons. The summed E-state index contributed by atoms with van der Waals surface area (Å²) in [6.45, 7) is 6.82.